The SMILES string of the molecule is O=C(Nc1nnc(SCCCc2ccccc2)s1)c1cc([N+](=O)[O-])cc([N+](=O)[O-])c1. The molecule has 1 amide bonds. The molecule has 1 heterocycles. The van der Waals surface area contributed by atoms with Crippen LogP contribution in [0.15, 0.2) is 52.9 Å². The molecule has 0 aliphatic carbocycles. The van der Waals surface area contributed by atoms with Crippen molar-refractivity contribution in [1.82, 2.24) is 10.2 Å². The van der Waals surface area contributed by atoms with Crippen LogP contribution in [0, 0.1) is 20.2 Å². The van der Waals surface area contributed by atoms with Gasteiger partial charge in [-0.2, -0.15) is 0 Å². The number of carbonyl (C=O) groups is 1. The molecule has 3 rings (SSSR count). The number of nitrogens with zero attached hydrogens (tertiary/aromatic N) is 4. The van der Waals surface area contributed by atoms with Crippen LogP contribution >= 0.6 is 23.1 Å². The molecule has 0 saturated carbocycles. The first-order chi connectivity index (χ1) is 14.4. The molecule has 12 heteroatoms. The molecule has 0 unspecified atom stereocenters. The van der Waals surface area contributed by atoms with Crippen LogP contribution in [0.3, 0.4) is 0 Å². The molecule has 30 heavy (non-hydrogen) atoms. The van der Waals surface area contributed by atoms with E-state index in [9.17, 15) is 25.0 Å². The number of hydrogen-bond acceptors (Lipinski definition) is 9. The first-order valence-electron chi connectivity index (χ1n) is 8.68. The van der Waals surface area contributed by atoms with E-state index in [0.717, 1.165) is 48.1 Å². The summed E-state index contributed by atoms with van der Waals surface area (Å²) in [5.41, 5.74) is -0.0277. The van der Waals surface area contributed by atoms with Gasteiger partial charge in [0.1, 0.15) is 0 Å². The van der Waals surface area contributed by atoms with Gasteiger partial charge in [-0.1, -0.05) is 53.4 Å². The molecular weight excluding hydrogens is 430 g/mol. The van der Waals surface area contributed by atoms with E-state index in [4.69, 9.17) is 0 Å². The van der Waals surface area contributed by atoms with E-state index in [-0.39, 0.29) is 10.7 Å². The third-order valence-corrected chi connectivity index (χ3v) is 5.95. The third-order valence-electron chi connectivity index (χ3n) is 3.89. The topological polar surface area (TPSA) is 141 Å². The van der Waals surface area contributed by atoms with E-state index in [2.05, 4.69) is 27.6 Å². The molecule has 0 atom stereocenters. The molecule has 154 valence electrons. The monoisotopic (exact) mass is 445 g/mol. The fourth-order valence-electron chi connectivity index (χ4n) is 2.51. The fraction of sp³-hybridized carbons (Fsp3) is 0.167. The van der Waals surface area contributed by atoms with Gasteiger partial charge in [-0.05, 0) is 18.4 Å². The van der Waals surface area contributed by atoms with Gasteiger partial charge in [0.2, 0.25) is 5.13 Å². The van der Waals surface area contributed by atoms with Crippen molar-refractivity contribution in [1.29, 1.82) is 0 Å². The van der Waals surface area contributed by atoms with Gasteiger partial charge < -0.3 is 0 Å². The summed E-state index contributed by atoms with van der Waals surface area (Å²) in [4.78, 5) is 32.7. The number of hydrogen-bond donors (Lipinski definition) is 1. The van der Waals surface area contributed by atoms with Crippen molar-refractivity contribution in [2.24, 2.45) is 0 Å². The highest BCUT2D eigenvalue weighted by Gasteiger charge is 2.20. The number of thioether (sulfide) groups is 1. The summed E-state index contributed by atoms with van der Waals surface area (Å²) in [6.45, 7) is 0. The first kappa shape index (κ1) is 21.3. The van der Waals surface area contributed by atoms with Crippen LogP contribution in [0.4, 0.5) is 16.5 Å². The number of rotatable bonds is 9. The highest BCUT2D eigenvalue weighted by Crippen LogP contribution is 2.28. The number of carbonyl (C=O) groups excluding carboxylic acids is 1. The van der Waals surface area contributed by atoms with Crippen LogP contribution in [0.25, 0.3) is 0 Å². The van der Waals surface area contributed by atoms with Crippen molar-refractivity contribution in [2.75, 3.05) is 11.1 Å². The van der Waals surface area contributed by atoms with Crippen molar-refractivity contribution >= 4 is 45.5 Å². The summed E-state index contributed by atoms with van der Waals surface area (Å²) in [5.74, 6) is 0.0905. The summed E-state index contributed by atoms with van der Waals surface area (Å²) < 4.78 is 0.670. The molecule has 0 spiro atoms. The Hall–Kier alpha value is -3.38. The smallest absolute Gasteiger partial charge is 0.277 e. The standard InChI is InChI=1S/C18H15N5O5S2/c24-16(13-9-14(22(25)26)11-15(10-13)23(27)28)19-17-20-21-18(30-17)29-8-4-7-12-5-2-1-3-6-12/h1-3,5-6,9-11H,4,7-8H2,(H,19,20,24). The zero-order chi connectivity index (χ0) is 21.5. The number of non-ortho nitro benzene ring substituents is 2. The van der Waals surface area contributed by atoms with Gasteiger partial charge in [-0.15, -0.1) is 10.2 Å². The van der Waals surface area contributed by atoms with Gasteiger partial charge in [-0.25, -0.2) is 0 Å². The van der Waals surface area contributed by atoms with Crippen molar-refractivity contribution in [3.8, 4) is 0 Å². The largest absolute Gasteiger partial charge is 0.296 e. The van der Waals surface area contributed by atoms with E-state index >= 15 is 0 Å². The Morgan fingerprint density at radius 2 is 1.70 bits per heavy atom. The van der Waals surface area contributed by atoms with Crippen LogP contribution in [0.1, 0.15) is 22.3 Å². The van der Waals surface area contributed by atoms with E-state index in [1.165, 1.54) is 17.3 Å². The van der Waals surface area contributed by atoms with E-state index < -0.39 is 27.1 Å². The molecule has 0 saturated heterocycles. The molecule has 0 aliphatic heterocycles. The minimum Gasteiger partial charge on any atom is -0.296 e. The lowest BCUT2D eigenvalue weighted by molar-refractivity contribution is -0.394. The number of amides is 1. The highest BCUT2D eigenvalue weighted by atomic mass is 32.2. The maximum absolute atomic E-state index is 12.4. The molecule has 1 N–H and O–H groups in total. The van der Waals surface area contributed by atoms with Gasteiger partial charge in [0, 0.05) is 17.9 Å². The number of anilines is 1. The predicted octanol–water partition coefficient (Wildman–Crippen LogP) is 4.33. The van der Waals surface area contributed by atoms with Gasteiger partial charge in [-0.3, -0.25) is 30.3 Å². The van der Waals surface area contributed by atoms with Crippen molar-refractivity contribution in [3.05, 3.63) is 79.9 Å². The highest BCUT2D eigenvalue weighted by molar-refractivity contribution is 8.01. The minimum absolute atomic E-state index is 0.205. The van der Waals surface area contributed by atoms with Crippen LogP contribution in [-0.2, 0) is 6.42 Å². The lowest BCUT2D eigenvalue weighted by Gasteiger charge is -2.02. The van der Waals surface area contributed by atoms with Gasteiger partial charge in [0.05, 0.1) is 21.5 Å². The third kappa shape index (κ3) is 5.81. The second kappa shape index (κ2) is 9.89. The fourth-order valence-corrected chi connectivity index (χ4v) is 4.26. The summed E-state index contributed by atoms with van der Waals surface area (Å²) in [6.07, 6.45) is 1.90. The van der Waals surface area contributed by atoms with Crippen LogP contribution in [0.5, 0.6) is 0 Å². The van der Waals surface area contributed by atoms with Gasteiger partial charge in [0.25, 0.3) is 17.3 Å². The van der Waals surface area contributed by atoms with Crippen LogP contribution < -0.4 is 5.32 Å². The minimum atomic E-state index is -0.793. The summed E-state index contributed by atoms with van der Waals surface area (Å²) in [7, 11) is 0. The number of nitro groups is 2. The molecule has 0 radical (unpaired) electrons. The Labute approximate surface area is 178 Å². The molecule has 10 nitrogen and oxygen atoms in total. The Balaban J connectivity index is 1.58. The zero-order valence-corrected chi connectivity index (χ0v) is 17.0. The maximum atomic E-state index is 12.4. The Morgan fingerprint density at radius 1 is 1.03 bits per heavy atom. The second-order valence-electron chi connectivity index (χ2n) is 6.02. The Morgan fingerprint density at radius 3 is 2.33 bits per heavy atom. The Bertz CT molecular complexity index is 1040. The number of aromatic nitrogens is 2. The maximum Gasteiger partial charge on any atom is 0.277 e. The van der Waals surface area contributed by atoms with Crippen molar-refractivity contribution < 1.29 is 14.6 Å². The lowest BCUT2D eigenvalue weighted by atomic mass is 10.1. The average Bonchev–Trinajstić information content (AvgIpc) is 3.18. The van der Waals surface area contributed by atoms with E-state index in [1.54, 1.807) is 0 Å². The Kier molecular flexibility index (Phi) is 7.03. The molecule has 1 aromatic heterocycles. The predicted molar refractivity (Wildman–Crippen MR) is 113 cm³/mol. The number of nitrogens with one attached hydrogen (secondary N) is 1. The van der Waals surface area contributed by atoms with Crippen molar-refractivity contribution in [2.45, 2.75) is 17.2 Å². The van der Waals surface area contributed by atoms with Crippen LogP contribution in [0.2, 0.25) is 0 Å². The van der Waals surface area contributed by atoms with Gasteiger partial charge in [0.15, 0.2) is 4.34 Å². The van der Waals surface area contributed by atoms with E-state index in [0.29, 0.717) is 4.34 Å². The molecular formula is C18H15N5O5S2. The molecule has 3 aromatic rings. The van der Waals surface area contributed by atoms with Crippen molar-refractivity contribution in [3.63, 3.8) is 0 Å². The molecule has 0 fully saturated rings. The van der Waals surface area contributed by atoms with E-state index in [1.807, 2.05) is 18.2 Å². The molecule has 0 bridgehead atoms. The average molecular weight is 445 g/mol. The van der Waals surface area contributed by atoms with Gasteiger partial charge >= 0.3 is 0 Å². The summed E-state index contributed by atoms with van der Waals surface area (Å²) >= 11 is 2.68. The lowest BCUT2D eigenvalue weighted by Crippen LogP contribution is -2.12. The number of aryl methyl sites for hydroxylation is 1. The quantitative estimate of drug-likeness (QED) is 0.169. The number of benzene rings is 2. The number of nitro benzene ring substituents is 2. The van der Waals surface area contributed by atoms with Crippen LogP contribution in [-0.4, -0.2) is 31.7 Å². The molecule has 0 aliphatic rings. The second-order valence-corrected chi connectivity index (χ2v) is 8.34. The zero-order valence-electron chi connectivity index (χ0n) is 15.4. The summed E-state index contributed by atoms with van der Waals surface area (Å²) in [5, 5.41) is 32.5. The summed E-state index contributed by atoms with van der Waals surface area (Å²) in [6, 6.07) is 12.9. The first-order valence-corrected chi connectivity index (χ1v) is 10.5. The normalized spacial score (nSPS) is 10.5. The molecule has 2 aromatic carbocycles.